The number of rotatable bonds is 5. The summed E-state index contributed by atoms with van der Waals surface area (Å²) in [6.07, 6.45) is 0.461. The molecule has 0 bridgehead atoms. The Morgan fingerprint density at radius 2 is 2.44 bits per heavy atom. The van der Waals surface area contributed by atoms with Crippen LogP contribution in [0.5, 0.6) is 0 Å². The number of nitrogens with zero attached hydrogens (tertiary/aromatic N) is 1. The van der Waals surface area contributed by atoms with Crippen molar-refractivity contribution in [1.82, 2.24) is 4.98 Å². The van der Waals surface area contributed by atoms with Gasteiger partial charge in [-0.3, -0.25) is 4.79 Å². The third kappa shape index (κ3) is 4.14. The predicted molar refractivity (Wildman–Crippen MR) is 62.3 cm³/mol. The monoisotopic (exact) mass is 243 g/mol. The second kappa shape index (κ2) is 6.42. The molecule has 1 atom stereocenters. The van der Waals surface area contributed by atoms with E-state index in [4.69, 9.17) is 22.1 Å². The molecule has 16 heavy (non-hydrogen) atoms. The number of halogens is 1. The molecule has 1 heterocycles. The highest BCUT2D eigenvalue weighted by atomic mass is 35.5. The zero-order valence-electron chi connectivity index (χ0n) is 8.94. The van der Waals surface area contributed by atoms with Crippen LogP contribution < -0.4 is 11.1 Å². The number of aromatic nitrogens is 1. The lowest BCUT2D eigenvalue weighted by Crippen LogP contribution is -2.36. The summed E-state index contributed by atoms with van der Waals surface area (Å²) in [4.78, 5) is 15.5. The van der Waals surface area contributed by atoms with Crippen molar-refractivity contribution in [2.75, 3.05) is 19.0 Å². The first-order chi connectivity index (χ1) is 7.63. The van der Waals surface area contributed by atoms with E-state index in [9.17, 15) is 4.79 Å². The van der Waals surface area contributed by atoms with E-state index in [0.717, 1.165) is 0 Å². The van der Waals surface area contributed by atoms with Crippen molar-refractivity contribution in [3.05, 3.63) is 23.4 Å². The fourth-order valence-corrected chi connectivity index (χ4v) is 1.24. The molecule has 5 nitrogen and oxygen atoms in total. The molecule has 0 aliphatic heterocycles. The lowest BCUT2D eigenvalue weighted by Gasteiger charge is -2.11. The molecule has 6 heteroatoms. The molecule has 0 spiro atoms. The van der Waals surface area contributed by atoms with Crippen LogP contribution in [0, 0.1) is 0 Å². The zero-order chi connectivity index (χ0) is 12.0. The first kappa shape index (κ1) is 12.9. The van der Waals surface area contributed by atoms with Crippen molar-refractivity contribution in [2.45, 2.75) is 12.5 Å². The standard InChI is InChI=1S/C10H14ClN3O2/c1-16-6-5-7(12)10(15)14-9-4-2-3-8(11)13-9/h2-4,7H,5-6,12H2,1H3,(H,13,14,15). The normalized spacial score (nSPS) is 12.2. The van der Waals surface area contributed by atoms with Crippen LogP contribution in [0.2, 0.25) is 5.15 Å². The van der Waals surface area contributed by atoms with Gasteiger partial charge in [0, 0.05) is 13.7 Å². The van der Waals surface area contributed by atoms with Crippen LogP contribution in [0.25, 0.3) is 0 Å². The molecule has 0 aromatic carbocycles. The summed E-state index contributed by atoms with van der Waals surface area (Å²) in [5, 5.41) is 2.90. The highest BCUT2D eigenvalue weighted by molar-refractivity contribution is 6.29. The van der Waals surface area contributed by atoms with Gasteiger partial charge in [-0.25, -0.2) is 4.98 Å². The van der Waals surface area contributed by atoms with E-state index < -0.39 is 6.04 Å². The number of anilines is 1. The first-order valence-electron chi connectivity index (χ1n) is 4.81. The van der Waals surface area contributed by atoms with Crippen molar-refractivity contribution < 1.29 is 9.53 Å². The SMILES string of the molecule is COCCC(N)C(=O)Nc1cccc(Cl)n1. The van der Waals surface area contributed by atoms with Gasteiger partial charge in [0.05, 0.1) is 6.04 Å². The van der Waals surface area contributed by atoms with Gasteiger partial charge in [0.25, 0.3) is 0 Å². The number of pyridine rings is 1. The summed E-state index contributed by atoms with van der Waals surface area (Å²) in [5.41, 5.74) is 5.64. The largest absolute Gasteiger partial charge is 0.385 e. The second-order valence-corrected chi connectivity index (χ2v) is 3.61. The molecule has 1 amide bonds. The minimum absolute atomic E-state index is 0.299. The molecular formula is C10H14ClN3O2. The number of carbonyl (C=O) groups excluding carboxylic acids is 1. The van der Waals surface area contributed by atoms with Gasteiger partial charge in [-0.2, -0.15) is 0 Å². The van der Waals surface area contributed by atoms with Gasteiger partial charge < -0.3 is 15.8 Å². The van der Waals surface area contributed by atoms with Crippen LogP contribution in [0.1, 0.15) is 6.42 Å². The molecule has 1 unspecified atom stereocenters. The molecule has 0 saturated carbocycles. The second-order valence-electron chi connectivity index (χ2n) is 3.22. The van der Waals surface area contributed by atoms with Crippen LogP contribution >= 0.6 is 11.6 Å². The molecule has 0 fully saturated rings. The van der Waals surface area contributed by atoms with Gasteiger partial charge >= 0.3 is 0 Å². The van der Waals surface area contributed by atoms with E-state index in [1.807, 2.05) is 0 Å². The van der Waals surface area contributed by atoms with Crippen molar-refractivity contribution in [3.63, 3.8) is 0 Å². The van der Waals surface area contributed by atoms with Crippen LogP contribution in [0.15, 0.2) is 18.2 Å². The Kier molecular flexibility index (Phi) is 5.18. The van der Waals surface area contributed by atoms with Gasteiger partial charge in [0.15, 0.2) is 0 Å². The van der Waals surface area contributed by atoms with E-state index in [2.05, 4.69) is 10.3 Å². The van der Waals surface area contributed by atoms with Crippen LogP contribution in [0.4, 0.5) is 5.82 Å². The number of amides is 1. The highest BCUT2D eigenvalue weighted by Gasteiger charge is 2.13. The highest BCUT2D eigenvalue weighted by Crippen LogP contribution is 2.09. The molecule has 0 aliphatic rings. The Bertz CT molecular complexity index is 360. The quantitative estimate of drug-likeness (QED) is 0.758. The van der Waals surface area contributed by atoms with E-state index in [1.54, 1.807) is 25.3 Å². The molecule has 3 N–H and O–H groups in total. The maximum atomic E-state index is 11.6. The Morgan fingerprint density at radius 1 is 1.69 bits per heavy atom. The molecule has 1 aromatic heterocycles. The fraction of sp³-hybridized carbons (Fsp3) is 0.400. The third-order valence-corrected chi connectivity index (χ3v) is 2.15. The van der Waals surface area contributed by atoms with Crippen molar-refractivity contribution in [2.24, 2.45) is 5.73 Å². The molecular weight excluding hydrogens is 230 g/mol. The third-order valence-electron chi connectivity index (χ3n) is 1.94. The summed E-state index contributed by atoms with van der Waals surface area (Å²) in [6, 6.07) is 4.36. The smallest absolute Gasteiger partial charge is 0.242 e. The molecule has 1 rings (SSSR count). The van der Waals surface area contributed by atoms with Gasteiger partial charge in [0.2, 0.25) is 5.91 Å². The van der Waals surface area contributed by atoms with E-state index in [1.165, 1.54) is 0 Å². The van der Waals surface area contributed by atoms with E-state index >= 15 is 0 Å². The Morgan fingerprint density at radius 3 is 3.06 bits per heavy atom. The van der Waals surface area contributed by atoms with Crippen LogP contribution in [-0.2, 0) is 9.53 Å². The van der Waals surface area contributed by atoms with Gasteiger partial charge in [-0.15, -0.1) is 0 Å². The number of nitrogens with two attached hydrogens (primary N) is 1. The summed E-state index contributed by atoms with van der Waals surface area (Å²) in [7, 11) is 1.56. The molecule has 1 aromatic rings. The minimum Gasteiger partial charge on any atom is -0.385 e. The number of nitrogens with one attached hydrogen (secondary N) is 1. The number of methoxy groups -OCH3 is 1. The van der Waals surface area contributed by atoms with Gasteiger partial charge in [-0.05, 0) is 18.6 Å². The van der Waals surface area contributed by atoms with Crippen molar-refractivity contribution in [1.29, 1.82) is 0 Å². The van der Waals surface area contributed by atoms with Crippen molar-refractivity contribution >= 4 is 23.3 Å². The summed E-state index contributed by atoms with van der Waals surface area (Å²) < 4.78 is 4.84. The number of hydrogen-bond donors (Lipinski definition) is 2. The van der Waals surface area contributed by atoms with Gasteiger partial charge in [-0.1, -0.05) is 17.7 Å². The lowest BCUT2D eigenvalue weighted by molar-refractivity contribution is -0.117. The Balaban J connectivity index is 2.50. The number of ether oxygens (including phenoxy) is 1. The fourth-order valence-electron chi connectivity index (χ4n) is 1.07. The molecule has 88 valence electrons. The van der Waals surface area contributed by atoms with Crippen LogP contribution in [-0.4, -0.2) is 30.6 Å². The number of hydrogen-bond acceptors (Lipinski definition) is 4. The van der Waals surface area contributed by atoms with E-state index in [-0.39, 0.29) is 5.91 Å². The van der Waals surface area contributed by atoms with Gasteiger partial charge in [0.1, 0.15) is 11.0 Å². The molecule has 0 saturated heterocycles. The maximum absolute atomic E-state index is 11.6. The average molecular weight is 244 g/mol. The Hall–Kier alpha value is -1.17. The summed E-state index contributed by atoms with van der Waals surface area (Å²) >= 11 is 5.68. The van der Waals surface area contributed by atoms with Crippen LogP contribution in [0.3, 0.4) is 0 Å². The average Bonchev–Trinajstić information content (AvgIpc) is 2.25. The summed E-state index contributed by atoms with van der Waals surface area (Å²) in [5.74, 6) is 0.0946. The topological polar surface area (TPSA) is 77.2 Å². The molecule has 0 aliphatic carbocycles. The first-order valence-corrected chi connectivity index (χ1v) is 5.19. The number of carbonyl (C=O) groups is 1. The lowest BCUT2D eigenvalue weighted by atomic mass is 10.2. The molecule has 0 radical (unpaired) electrons. The summed E-state index contributed by atoms with van der Waals surface area (Å²) in [6.45, 7) is 0.442. The zero-order valence-corrected chi connectivity index (χ0v) is 9.70. The van der Waals surface area contributed by atoms with Crippen molar-refractivity contribution in [3.8, 4) is 0 Å². The minimum atomic E-state index is -0.610. The predicted octanol–water partition coefficient (Wildman–Crippen LogP) is 1.04. The Labute approximate surface area is 98.9 Å². The van der Waals surface area contributed by atoms with E-state index in [0.29, 0.717) is 24.0 Å². The maximum Gasteiger partial charge on any atom is 0.242 e.